The zero-order valence-electron chi connectivity index (χ0n) is 32.5. The number of nitrogens with zero attached hydrogens (tertiary/aromatic N) is 1. The third-order valence-corrected chi connectivity index (χ3v) is 14.0. The second-order valence-electron chi connectivity index (χ2n) is 15.9. The Bertz CT molecular complexity index is 3460. The normalized spacial score (nSPS) is 13.3. The molecule has 1 aliphatic heterocycles. The summed E-state index contributed by atoms with van der Waals surface area (Å²) >= 11 is 1.86. The summed E-state index contributed by atoms with van der Waals surface area (Å²) in [5, 5.41) is 7.12. The van der Waals surface area contributed by atoms with Crippen molar-refractivity contribution in [3.63, 3.8) is 0 Å². The molecule has 60 heavy (non-hydrogen) atoms. The maximum Gasteiger partial charge on any atom is 0.140 e. The zero-order valence-corrected chi connectivity index (χ0v) is 33.3. The van der Waals surface area contributed by atoms with Crippen LogP contribution < -0.4 is 9.64 Å². The molecule has 0 atom stereocenters. The molecule has 10 aromatic carbocycles. The number of ether oxygens (including phenoxy) is 1. The second kappa shape index (κ2) is 12.8. The van der Waals surface area contributed by atoms with Crippen LogP contribution >= 0.6 is 11.3 Å². The van der Waals surface area contributed by atoms with E-state index in [1.807, 2.05) is 11.3 Å². The summed E-state index contributed by atoms with van der Waals surface area (Å²) in [6.07, 6.45) is 0. The summed E-state index contributed by atoms with van der Waals surface area (Å²) in [4.78, 5) is 2.48. The molecule has 1 aromatic heterocycles. The van der Waals surface area contributed by atoms with E-state index in [0.29, 0.717) is 0 Å². The summed E-state index contributed by atoms with van der Waals surface area (Å²) < 4.78 is 9.81. The summed E-state index contributed by atoms with van der Waals surface area (Å²) in [7, 11) is 0. The highest BCUT2D eigenvalue weighted by Gasteiger charge is 2.52. The van der Waals surface area contributed by atoms with Gasteiger partial charge in [0, 0.05) is 53.3 Å². The summed E-state index contributed by atoms with van der Waals surface area (Å²) in [5.74, 6) is 1.86. The van der Waals surface area contributed by atoms with Gasteiger partial charge in [-0.1, -0.05) is 176 Å². The fourth-order valence-corrected chi connectivity index (χ4v) is 11.6. The smallest absolute Gasteiger partial charge is 0.140 e. The Morgan fingerprint density at radius 3 is 1.68 bits per heavy atom. The minimum atomic E-state index is -0.631. The van der Waals surface area contributed by atoms with Gasteiger partial charge in [0.1, 0.15) is 11.5 Å². The number of hydrogen-bond donors (Lipinski definition) is 0. The van der Waals surface area contributed by atoms with Gasteiger partial charge in [-0.15, -0.1) is 11.3 Å². The zero-order chi connectivity index (χ0) is 39.4. The van der Waals surface area contributed by atoms with Crippen LogP contribution in [-0.4, -0.2) is 0 Å². The molecule has 0 N–H and O–H groups in total. The van der Waals surface area contributed by atoms with Crippen molar-refractivity contribution < 1.29 is 4.74 Å². The Balaban J connectivity index is 1.13. The molecule has 280 valence electrons. The fourth-order valence-electron chi connectivity index (χ4n) is 10.5. The minimum absolute atomic E-state index is 0.631. The van der Waals surface area contributed by atoms with E-state index in [1.165, 1.54) is 81.1 Å². The van der Waals surface area contributed by atoms with Crippen molar-refractivity contribution in [2.45, 2.75) is 5.41 Å². The largest absolute Gasteiger partial charge is 0.455 e. The van der Waals surface area contributed by atoms with Gasteiger partial charge >= 0.3 is 0 Å². The van der Waals surface area contributed by atoms with Crippen molar-refractivity contribution >= 4 is 70.1 Å². The predicted molar refractivity (Wildman–Crippen MR) is 252 cm³/mol. The number of hydrogen-bond acceptors (Lipinski definition) is 3. The molecule has 2 heterocycles. The molecule has 0 saturated heterocycles. The molecule has 0 saturated carbocycles. The van der Waals surface area contributed by atoms with Crippen LogP contribution in [0, 0.1) is 0 Å². The standard InChI is InChI=1S/C57H35NOS/c1-2-18-38(19-3-1)58(50-29-15-31-52-54(50)44-24-10-13-30-51(44)60-52)49-28-12-9-22-41(49)42-25-14-27-46-53(42)43-23-8-11-26-45(43)57(46)47-34-32-36-16-4-6-20-39(36)55(47)59-56-40-21-7-5-17-37(40)33-35-48(56)57/h1-35H. The van der Waals surface area contributed by atoms with E-state index in [0.717, 1.165) is 33.6 Å². The van der Waals surface area contributed by atoms with Crippen LogP contribution in [0.5, 0.6) is 11.5 Å². The Morgan fingerprint density at radius 1 is 0.367 bits per heavy atom. The van der Waals surface area contributed by atoms with E-state index >= 15 is 0 Å². The van der Waals surface area contributed by atoms with Crippen LogP contribution in [0.15, 0.2) is 212 Å². The van der Waals surface area contributed by atoms with Gasteiger partial charge in [-0.25, -0.2) is 0 Å². The van der Waals surface area contributed by atoms with Crippen LogP contribution in [0.4, 0.5) is 17.1 Å². The number of benzene rings is 10. The Kier molecular flexibility index (Phi) is 7.13. The average Bonchev–Trinajstić information content (AvgIpc) is 3.84. The molecule has 0 fully saturated rings. The third-order valence-electron chi connectivity index (χ3n) is 12.9. The summed E-state index contributed by atoms with van der Waals surface area (Å²) in [6, 6.07) is 77.9. The SMILES string of the molecule is c1ccc(N(c2ccccc2-c2cccc3c2-c2ccccc2C32c3ccc4ccccc4c3Oc3c2ccc2ccccc32)c2cccc3sc4ccccc4c23)cc1. The molecule has 2 aliphatic rings. The molecular formula is C57H35NOS. The monoisotopic (exact) mass is 781 g/mol. The third kappa shape index (κ3) is 4.53. The fraction of sp³-hybridized carbons (Fsp3) is 0.0175. The second-order valence-corrected chi connectivity index (χ2v) is 17.0. The maximum absolute atomic E-state index is 7.24. The molecule has 11 aromatic rings. The number of thiophene rings is 1. The van der Waals surface area contributed by atoms with Gasteiger partial charge in [-0.3, -0.25) is 0 Å². The predicted octanol–water partition coefficient (Wildman–Crippen LogP) is 16.0. The molecule has 0 bridgehead atoms. The van der Waals surface area contributed by atoms with E-state index in [4.69, 9.17) is 4.74 Å². The van der Waals surface area contributed by atoms with E-state index in [-0.39, 0.29) is 0 Å². The molecule has 1 aliphatic carbocycles. The van der Waals surface area contributed by atoms with Crippen molar-refractivity contribution in [2.75, 3.05) is 4.90 Å². The number of rotatable bonds is 4. The number of para-hydroxylation sites is 2. The van der Waals surface area contributed by atoms with Crippen molar-refractivity contribution in [1.82, 2.24) is 0 Å². The minimum Gasteiger partial charge on any atom is -0.455 e. The van der Waals surface area contributed by atoms with E-state index in [9.17, 15) is 0 Å². The highest BCUT2D eigenvalue weighted by Crippen LogP contribution is 2.65. The van der Waals surface area contributed by atoms with Gasteiger partial charge in [0.15, 0.2) is 0 Å². The highest BCUT2D eigenvalue weighted by atomic mass is 32.1. The van der Waals surface area contributed by atoms with E-state index < -0.39 is 5.41 Å². The van der Waals surface area contributed by atoms with Crippen molar-refractivity contribution in [3.8, 4) is 33.8 Å². The molecule has 0 unspecified atom stereocenters. The molecular weight excluding hydrogens is 747 g/mol. The number of anilines is 3. The summed E-state index contributed by atoms with van der Waals surface area (Å²) in [6.45, 7) is 0. The lowest BCUT2D eigenvalue weighted by atomic mass is 9.65. The average molecular weight is 782 g/mol. The van der Waals surface area contributed by atoms with Gasteiger partial charge in [-0.2, -0.15) is 0 Å². The van der Waals surface area contributed by atoms with Gasteiger partial charge in [0.2, 0.25) is 0 Å². The van der Waals surface area contributed by atoms with E-state index in [1.54, 1.807) is 0 Å². The molecule has 0 amide bonds. The summed E-state index contributed by atoms with van der Waals surface area (Å²) in [5.41, 5.74) is 12.5. The van der Waals surface area contributed by atoms with Crippen LogP contribution in [-0.2, 0) is 5.41 Å². The number of fused-ring (bicyclic) bond motifs is 16. The van der Waals surface area contributed by atoms with Crippen LogP contribution in [0.25, 0.3) is 64.0 Å². The first-order chi connectivity index (χ1) is 29.8. The van der Waals surface area contributed by atoms with Crippen LogP contribution in [0.3, 0.4) is 0 Å². The van der Waals surface area contributed by atoms with Crippen LogP contribution in [0.2, 0.25) is 0 Å². The Hall–Kier alpha value is -7.46. The lowest BCUT2D eigenvalue weighted by Gasteiger charge is -2.40. The van der Waals surface area contributed by atoms with Crippen molar-refractivity contribution in [3.05, 3.63) is 235 Å². The Labute approximate surface area is 351 Å². The lowest BCUT2D eigenvalue weighted by Crippen LogP contribution is -2.32. The van der Waals surface area contributed by atoms with Gasteiger partial charge < -0.3 is 9.64 Å². The quantitative estimate of drug-likeness (QED) is 0.176. The van der Waals surface area contributed by atoms with Gasteiger partial charge in [-0.05, 0) is 75.0 Å². The molecule has 13 rings (SSSR count). The van der Waals surface area contributed by atoms with Gasteiger partial charge in [0.25, 0.3) is 0 Å². The Morgan fingerprint density at radius 2 is 0.917 bits per heavy atom. The molecule has 0 radical (unpaired) electrons. The maximum atomic E-state index is 7.24. The topological polar surface area (TPSA) is 12.5 Å². The van der Waals surface area contributed by atoms with Gasteiger partial charge in [0.05, 0.1) is 16.8 Å². The van der Waals surface area contributed by atoms with E-state index in [2.05, 4.69) is 217 Å². The highest BCUT2D eigenvalue weighted by molar-refractivity contribution is 7.26. The van der Waals surface area contributed by atoms with Crippen molar-refractivity contribution in [1.29, 1.82) is 0 Å². The van der Waals surface area contributed by atoms with Crippen molar-refractivity contribution in [2.24, 2.45) is 0 Å². The lowest BCUT2D eigenvalue weighted by molar-refractivity contribution is 0.447. The first-order valence-electron chi connectivity index (χ1n) is 20.6. The molecule has 1 spiro atoms. The molecule has 2 nitrogen and oxygen atoms in total. The van der Waals surface area contributed by atoms with Crippen LogP contribution in [0.1, 0.15) is 22.3 Å². The molecule has 3 heteroatoms. The first kappa shape index (κ1) is 33.5. The first-order valence-corrected chi connectivity index (χ1v) is 21.4.